The van der Waals surface area contributed by atoms with Crippen LogP contribution in [0, 0.1) is 11.3 Å². The maximum Gasteiger partial charge on any atom is 0.243 e. The summed E-state index contributed by atoms with van der Waals surface area (Å²) < 4.78 is 27.2. The number of hydrogen-bond donors (Lipinski definition) is 1. The lowest BCUT2D eigenvalue weighted by atomic mass is 9.80. The summed E-state index contributed by atoms with van der Waals surface area (Å²) >= 11 is 4.97. The summed E-state index contributed by atoms with van der Waals surface area (Å²) in [4.78, 5) is 0.327. The van der Waals surface area contributed by atoms with Crippen LogP contribution < -0.4 is 5.73 Å². The van der Waals surface area contributed by atoms with Gasteiger partial charge < -0.3 is 5.73 Å². The van der Waals surface area contributed by atoms with E-state index in [0.29, 0.717) is 24.6 Å². The monoisotopic (exact) mass is 326 g/mol. The Morgan fingerprint density at radius 3 is 2.48 bits per heavy atom. The number of sulfonamides is 1. The first kappa shape index (κ1) is 16.4. The molecule has 0 radical (unpaired) electrons. The fraction of sp³-hybridized carbons (Fsp3) is 0.533. The smallest absolute Gasteiger partial charge is 0.243 e. The summed E-state index contributed by atoms with van der Waals surface area (Å²) in [5, 5.41) is 0. The van der Waals surface area contributed by atoms with Crippen LogP contribution in [0.2, 0.25) is 0 Å². The quantitative estimate of drug-likeness (QED) is 0.866. The molecule has 0 spiro atoms. The van der Waals surface area contributed by atoms with Crippen LogP contribution in [0.15, 0.2) is 29.2 Å². The van der Waals surface area contributed by atoms with E-state index in [-0.39, 0.29) is 15.3 Å². The first-order valence-electron chi connectivity index (χ1n) is 7.03. The number of benzene rings is 1. The Kier molecular flexibility index (Phi) is 4.42. The summed E-state index contributed by atoms with van der Waals surface area (Å²) in [6.45, 7) is 7.55. The predicted octanol–water partition coefficient (Wildman–Crippen LogP) is 2.38. The molecule has 1 heterocycles. The molecular formula is C15H22N2O2S2. The Morgan fingerprint density at radius 1 is 1.33 bits per heavy atom. The Morgan fingerprint density at radius 2 is 1.95 bits per heavy atom. The largest absolute Gasteiger partial charge is 0.389 e. The van der Waals surface area contributed by atoms with Gasteiger partial charge in [0.25, 0.3) is 0 Å². The molecule has 0 aromatic heterocycles. The van der Waals surface area contributed by atoms with E-state index >= 15 is 0 Å². The van der Waals surface area contributed by atoms with Gasteiger partial charge in [0.1, 0.15) is 4.99 Å². The molecule has 2 rings (SSSR count). The predicted molar refractivity (Wildman–Crippen MR) is 88.7 cm³/mol. The fourth-order valence-corrected chi connectivity index (χ4v) is 4.64. The van der Waals surface area contributed by atoms with Crippen molar-refractivity contribution in [1.82, 2.24) is 4.31 Å². The molecule has 0 amide bonds. The Balaban J connectivity index is 2.35. The minimum Gasteiger partial charge on any atom is -0.389 e. The van der Waals surface area contributed by atoms with E-state index in [1.54, 1.807) is 28.6 Å². The molecule has 1 fully saturated rings. The molecule has 1 atom stereocenters. The van der Waals surface area contributed by atoms with Crippen LogP contribution in [0.3, 0.4) is 0 Å². The van der Waals surface area contributed by atoms with Crippen molar-refractivity contribution in [3.05, 3.63) is 29.8 Å². The van der Waals surface area contributed by atoms with E-state index in [1.165, 1.54) is 0 Å². The van der Waals surface area contributed by atoms with Gasteiger partial charge in [-0.05, 0) is 23.8 Å². The minimum absolute atomic E-state index is 0.104. The molecule has 6 heteroatoms. The van der Waals surface area contributed by atoms with Gasteiger partial charge in [0.2, 0.25) is 10.0 Å². The van der Waals surface area contributed by atoms with E-state index in [4.69, 9.17) is 18.0 Å². The van der Waals surface area contributed by atoms with Gasteiger partial charge in [-0.3, -0.25) is 0 Å². The van der Waals surface area contributed by atoms with E-state index in [9.17, 15) is 8.42 Å². The third kappa shape index (κ3) is 3.27. The molecule has 0 saturated carbocycles. The highest BCUT2D eigenvalue weighted by molar-refractivity contribution is 7.89. The van der Waals surface area contributed by atoms with Crippen molar-refractivity contribution in [3.8, 4) is 0 Å². The third-order valence-corrected chi connectivity index (χ3v) is 6.29. The SMILES string of the molecule is CC(C)(C)C1CCN(S(=O)(=O)c2ccccc2C(N)=S)C1. The van der Waals surface area contributed by atoms with Gasteiger partial charge in [-0.15, -0.1) is 0 Å². The Hall–Kier alpha value is -0.980. The molecule has 21 heavy (non-hydrogen) atoms. The maximum atomic E-state index is 12.8. The van der Waals surface area contributed by atoms with Crippen molar-refractivity contribution in [1.29, 1.82) is 0 Å². The number of nitrogens with two attached hydrogens (primary N) is 1. The molecule has 1 aromatic carbocycles. The molecule has 0 aliphatic carbocycles. The van der Waals surface area contributed by atoms with Crippen LogP contribution >= 0.6 is 12.2 Å². The van der Waals surface area contributed by atoms with E-state index < -0.39 is 10.0 Å². The summed E-state index contributed by atoms with van der Waals surface area (Å²) in [6, 6.07) is 6.68. The van der Waals surface area contributed by atoms with E-state index in [0.717, 1.165) is 6.42 Å². The maximum absolute atomic E-state index is 12.8. The van der Waals surface area contributed by atoms with Crippen molar-refractivity contribution >= 4 is 27.2 Å². The molecule has 1 unspecified atom stereocenters. The second kappa shape index (κ2) is 5.66. The average Bonchev–Trinajstić information content (AvgIpc) is 2.88. The summed E-state index contributed by atoms with van der Waals surface area (Å²) in [5.41, 5.74) is 6.18. The molecule has 1 aliphatic heterocycles. The van der Waals surface area contributed by atoms with Crippen LogP contribution in [0.4, 0.5) is 0 Å². The van der Waals surface area contributed by atoms with Crippen molar-refractivity contribution in [2.24, 2.45) is 17.1 Å². The lowest BCUT2D eigenvalue weighted by Crippen LogP contribution is -2.32. The zero-order chi connectivity index (χ0) is 15.8. The summed E-state index contributed by atoms with van der Waals surface area (Å²) in [6.07, 6.45) is 0.887. The van der Waals surface area contributed by atoms with Crippen molar-refractivity contribution in [3.63, 3.8) is 0 Å². The topological polar surface area (TPSA) is 63.4 Å². The van der Waals surface area contributed by atoms with Crippen molar-refractivity contribution in [2.45, 2.75) is 32.1 Å². The molecule has 116 valence electrons. The highest BCUT2D eigenvalue weighted by Gasteiger charge is 2.38. The van der Waals surface area contributed by atoms with Crippen LogP contribution in [-0.4, -0.2) is 30.8 Å². The molecular weight excluding hydrogens is 304 g/mol. The first-order valence-corrected chi connectivity index (χ1v) is 8.88. The molecule has 1 saturated heterocycles. The van der Waals surface area contributed by atoms with Crippen LogP contribution in [-0.2, 0) is 10.0 Å². The zero-order valence-corrected chi connectivity index (χ0v) is 14.3. The zero-order valence-electron chi connectivity index (χ0n) is 12.7. The Labute approximate surface area is 132 Å². The normalized spacial score (nSPS) is 20.6. The van der Waals surface area contributed by atoms with Crippen molar-refractivity contribution < 1.29 is 8.42 Å². The number of thiocarbonyl (C=S) groups is 1. The molecule has 2 N–H and O–H groups in total. The van der Waals surface area contributed by atoms with Gasteiger partial charge in [0, 0.05) is 18.7 Å². The second-order valence-corrected chi connectivity index (χ2v) is 8.92. The van der Waals surface area contributed by atoms with E-state index in [1.807, 2.05) is 0 Å². The number of hydrogen-bond acceptors (Lipinski definition) is 3. The van der Waals surface area contributed by atoms with Crippen LogP contribution in [0.5, 0.6) is 0 Å². The van der Waals surface area contributed by atoms with E-state index in [2.05, 4.69) is 20.8 Å². The summed E-state index contributed by atoms with van der Waals surface area (Å²) in [7, 11) is -3.54. The van der Waals surface area contributed by atoms with Crippen LogP contribution in [0.1, 0.15) is 32.8 Å². The lowest BCUT2D eigenvalue weighted by molar-refractivity contribution is 0.252. The standard InChI is InChI=1S/C15H22N2O2S2/c1-15(2,3)11-8-9-17(10-11)21(18,19)13-7-5-4-6-12(13)14(16)20/h4-7,11H,8-10H2,1-3H3,(H2,16,20). The van der Waals surface area contributed by atoms with Crippen LogP contribution in [0.25, 0.3) is 0 Å². The second-order valence-electron chi connectivity index (χ2n) is 6.58. The minimum atomic E-state index is -3.54. The first-order chi connectivity index (χ1) is 9.64. The van der Waals surface area contributed by atoms with Gasteiger partial charge in [-0.25, -0.2) is 8.42 Å². The fourth-order valence-electron chi connectivity index (χ4n) is 2.69. The van der Waals surface area contributed by atoms with Gasteiger partial charge >= 0.3 is 0 Å². The van der Waals surface area contributed by atoms with Gasteiger partial charge in [-0.2, -0.15) is 4.31 Å². The summed E-state index contributed by atoms with van der Waals surface area (Å²) in [5.74, 6) is 0.365. The number of nitrogens with zero attached hydrogens (tertiary/aromatic N) is 1. The van der Waals surface area contributed by atoms with Gasteiger partial charge in [0.05, 0.1) is 4.90 Å². The molecule has 4 nitrogen and oxygen atoms in total. The third-order valence-electron chi connectivity index (χ3n) is 4.15. The highest BCUT2D eigenvalue weighted by atomic mass is 32.2. The molecule has 0 bridgehead atoms. The van der Waals surface area contributed by atoms with Gasteiger partial charge in [-0.1, -0.05) is 51.2 Å². The number of rotatable bonds is 3. The average molecular weight is 326 g/mol. The molecule has 1 aromatic rings. The van der Waals surface area contributed by atoms with Gasteiger partial charge in [0.15, 0.2) is 0 Å². The highest BCUT2D eigenvalue weighted by Crippen LogP contribution is 2.36. The van der Waals surface area contributed by atoms with Crippen molar-refractivity contribution in [2.75, 3.05) is 13.1 Å². The lowest BCUT2D eigenvalue weighted by Gasteiger charge is -2.27. The Bertz CT molecular complexity index is 648. The molecule has 1 aliphatic rings.